The summed E-state index contributed by atoms with van der Waals surface area (Å²) in [6.07, 6.45) is -2.70. The normalized spacial score (nSPS) is 15.9. The van der Waals surface area contributed by atoms with E-state index in [0.29, 0.717) is 16.8 Å². The molecule has 1 amide bonds. The SMILES string of the molecule is CN(C(=O)c1cc2c(C(F)F)cccc2[nH]1)[C@H]1CNCc2[nH]c(=O)c3cc(F)c(F)cc3c21. The molecule has 10 heteroatoms. The third-order valence-corrected chi connectivity index (χ3v) is 6.11. The van der Waals surface area contributed by atoms with Crippen LogP contribution in [-0.2, 0) is 6.54 Å². The second-order valence-electron chi connectivity index (χ2n) is 8.01. The topological polar surface area (TPSA) is 81.0 Å². The standard InChI is InChI=1S/C23H18F4N4O2/c1-31(23(33)17-7-11-10(21(26)27)3-2-4-16(11)29-17)19-9-28-8-18-20(19)12-5-14(24)15(25)6-13(12)22(32)30-18/h2-7,19,21,28-29H,8-9H2,1H3,(H,30,32)/t19-/m0/s1. The molecule has 3 N–H and O–H groups in total. The maximum absolute atomic E-state index is 14.1. The van der Waals surface area contributed by atoms with E-state index in [-0.39, 0.29) is 40.5 Å². The molecule has 0 saturated heterocycles. The predicted molar refractivity (Wildman–Crippen MR) is 114 cm³/mol. The number of alkyl halides is 2. The van der Waals surface area contributed by atoms with Crippen LogP contribution in [0.5, 0.6) is 0 Å². The number of aromatic nitrogens is 2. The highest BCUT2D eigenvalue weighted by atomic mass is 19.3. The molecule has 0 bridgehead atoms. The number of carbonyl (C=O) groups is 1. The van der Waals surface area contributed by atoms with Crippen LogP contribution in [0.15, 0.2) is 41.2 Å². The van der Waals surface area contributed by atoms with Crippen molar-refractivity contribution in [2.45, 2.75) is 19.0 Å². The number of halogens is 4. The van der Waals surface area contributed by atoms with Crippen LogP contribution in [-0.4, -0.2) is 34.4 Å². The first kappa shape index (κ1) is 21.2. The number of hydrogen-bond acceptors (Lipinski definition) is 3. The second kappa shape index (κ2) is 7.73. The molecule has 1 atom stereocenters. The summed E-state index contributed by atoms with van der Waals surface area (Å²) in [6, 6.07) is 6.94. The Balaban J connectivity index is 1.60. The summed E-state index contributed by atoms with van der Waals surface area (Å²) in [4.78, 5) is 32.7. The highest BCUT2D eigenvalue weighted by Gasteiger charge is 2.31. The average Bonchev–Trinajstić information content (AvgIpc) is 3.23. The van der Waals surface area contributed by atoms with Gasteiger partial charge in [-0.2, -0.15) is 0 Å². The maximum Gasteiger partial charge on any atom is 0.270 e. The zero-order chi connectivity index (χ0) is 23.4. The minimum Gasteiger partial charge on any atom is -0.351 e. The molecule has 2 aromatic carbocycles. The molecule has 5 rings (SSSR count). The van der Waals surface area contributed by atoms with E-state index < -0.39 is 35.6 Å². The smallest absolute Gasteiger partial charge is 0.270 e. The predicted octanol–water partition coefficient (Wildman–Crippen LogP) is 4.14. The van der Waals surface area contributed by atoms with Gasteiger partial charge in [-0.3, -0.25) is 9.59 Å². The fourth-order valence-electron chi connectivity index (χ4n) is 4.49. The van der Waals surface area contributed by atoms with Gasteiger partial charge in [0, 0.05) is 47.9 Å². The lowest BCUT2D eigenvalue weighted by Gasteiger charge is -2.34. The molecule has 2 aromatic heterocycles. The summed E-state index contributed by atoms with van der Waals surface area (Å²) >= 11 is 0. The Morgan fingerprint density at radius 1 is 1.06 bits per heavy atom. The molecule has 3 heterocycles. The largest absolute Gasteiger partial charge is 0.351 e. The number of aromatic amines is 2. The number of fused-ring (bicyclic) bond motifs is 4. The molecule has 6 nitrogen and oxygen atoms in total. The van der Waals surface area contributed by atoms with Gasteiger partial charge in [0.15, 0.2) is 11.6 Å². The van der Waals surface area contributed by atoms with Gasteiger partial charge in [0.05, 0.1) is 11.4 Å². The number of pyridine rings is 1. The van der Waals surface area contributed by atoms with Crippen molar-refractivity contribution in [1.29, 1.82) is 0 Å². The van der Waals surface area contributed by atoms with Crippen LogP contribution in [0.1, 0.15) is 39.8 Å². The van der Waals surface area contributed by atoms with Crippen molar-refractivity contribution in [2.24, 2.45) is 0 Å². The highest BCUT2D eigenvalue weighted by Crippen LogP contribution is 2.34. The van der Waals surface area contributed by atoms with E-state index in [1.165, 1.54) is 30.1 Å². The average molecular weight is 458 g/mol. The molecule has 33 heavy (non-hydrogen) atoms. The molecular formula is C23H18F4N4O2. The lowest BCUT2D eigenvalue weighted by molar-refractivity contribution is 0.0718. The van der Waals surface area contributed by atoms with Crippen molar-refractivity contribution < 1.29 is 22.4 Å². The van der Waals surface area contributed by atoms with Crippen LogP contribution in [0.4, 0.5) is 17.6 Å². The van der Waals surface area contributed by atoms with Gasteiger partial charge in [-0.1, -0.05) is 12.1 Å². The van der Waals surface area contributed by atoms with Gasteiger partial charge in [-0.15, -0.1) is 0 Å². The van der Waals surface area contributed by atoms with E-state index >= 15 is 0 Å². The molecule has 0 fully saturated rings. The van der Waals surface area contributed by atoms with Gasteiger partial charge in [-0.05, 0) is 29.7 Å². The van der Waals surface area contributed by atoms with Gasteiger partial charge in [-0.25, -0.2) is 17.6 Å². The Bertz CT molecular complexity index is 1480. The molecule has 0 radical (unpaired) electrons. The van der Waals surface area contributed by atoms with Crippen molar-refractivity contribution >= 4 is 27.6 Å². The molecule has 4 aromatic rings. The van der Waals surface area contributed by atoms with E-state index in [2.05, 4.69) is 15.3 Å². The zero-order valence-electron chi connectivity index (χ0n) is 17.3. The molecule has 1 aliphatic rings. The minimum absolute atomic E-state index is 0.0208. The monoisotopic (exact) mass is 458 g/mol. The second-order valence-corrected chi connectivity index (χ2v) is 8.01. The first-order valence-electron chi connectivity index (χ1n) is 10.2. The van der Waals surface area contributed by atoms with Crippen LogP contribution < -0.4 is 10.9 Å². The molecule has 1 aliphatic heterocycles. The first-order chi connectivity index (χ1) is 15.8. The Hall–Kier alpha value is -3.66. The van der Waals surface area contributed by atoms with Gasteiger partial charge in [0.25, 0.3) is 17.9 Å². The lowest BCUT2D eigenvalue weighted by Crippen LogP contribution is -2.42. The quantitative estimate of drug-likeness (QED) is 0.404. The van der Waals surface area contributed by atoms with E-state index in [1.807, 2.05) is 0 Å². The van der Waals surface area contributed by atoms with Gasteiger partial charge < -0.3 is 20.2 Å². The van der Waals surface area contributed by atoms with E-state index in [9.17, 15) is 27.2 Å². The van der Waals surface area contributed by atoms with Gasteiger partial charge in [0.1, 0.15) is 5.69 Å². The number of amides is 1. The maximum atomic E-state index is 14.1. The van der Waals surface area contributed by atoms with Crippen LogP contribution in [0, 0.1) is 11.6 Å². The number of benzene rings is 2. The molecule has 0 aliphatic carbocycles. The summed E-state index contributed by atoms with van der Waals surface area (Å²) in [5.74, 6) is -2.72. The summed E-state index contributed by atoms with van der Waals surface area (Å²) in [7, 11) is 1.53. The van der Waals surface area contributed by atoms with E-state index in [0.717, 1.165) is 12.1 Å². The highest BCUT2D eigenvalue weighted by molar-refractivity contribution is 5.99. The number of carbonyl (C=O) groups excluding carboxylic acids is 1. The van der Waals surface area contributed by atoms with Crippen LogP contribution in [0.25, 0.3) is 21.7 Å². The summed E-state index contributed by atoms with van der Waals surface area (Å²) < 4.78 is 54.6. The Kier molecular flexibility index (Phi) is 4.97. The van der Waals surface area contributed by atoms with Crippen molar-refractivity contribution in [1.82, 2.24) is 20.2 Å². The summed E-state index contributed by atoms with van der Waals surface area (Å²) in [5.41, 5.74) is 0.733. The van der Waals surface area contributed by atoms with Crippen molar-refractivity contribution in [3.05, 3.63) is 80.9 Å². The Labute approximate surface area is 184 Å². The van der Waals surface area contributed by atoms with Crippen molar-refractivity contribution in [2.75, 3.05) is 13.6 Å². The first-order valence-corrected chi connectivity index (χ1v) is 10.2. The molecule has 0 saturated carbocycles. The fraction of sp³-hybridized carbons (Fsp3) is 0.217. The summed E-state index contributed by atoms with van der Waals surface area (Å²) in [5, 5.41) is 3.55. The number of rotatable bonds is 3. The third kappa shape index (κ3) is 3.37. The number of likely N-dealkylation sites (N-methyl/N-ethyl adjacent to an activating group) is 1. The van der Waals surface area contributed by atoms with Gasteiger partial charge in [0.2, 0.25) is 0 Å². The fourth-order valence-corrected chi connectivity index (χ4v) is 4.49. The van der Waals surface area contributed by atoms with Crippen LogP contribution >= 0.6 is 0 Å². The molecule has 170 valence electrons. The van der Waals surface area contributed by atoms with E-state index in [4.69, 9.17) is 0 Å². The molecule has 0 spiro atoms. The number of hydrogen-bond donors (Lipinski definition) is 3. The van der Waals surface area contributed by atoms with Crippen molar-refractivity contribution in [3.8, 4) is 0 Å². The van der Waals surface area contributed by atoms with Crippen LogP contribution in [0.3, 0.4) is 0 Å². The van der Waals surface area contributed by atoms with Crippen molar-refractivity contribution in [3.63, 3.8) is 0 Å². The van der Waals surface area contributed by atoms with E-state index in [1.54, 1.807) is 6.07 Å². The Morgan fingerprint density at radius 3 is 2.52 bits per heavy atom. The Morgan fingerprint density at radius 2 is 1.79 bits per heavy atom. The number of nitrogens with one attached hydrogen (secondary N) is 3. The van der Waals surface area contributed by atoms with Crippen LogP contribution in [0.2, 0.25) is 0 Å². The van der Waals surface area contributed by atoms with Gasteiger partial charge >= 0.3 is 0 Å². The zero-order valence-corrected chi connectivity index (χ0v) is 17.3. The molecule has 0 unspecified atom stereocenters. The number of nitrogens with zero attached hydrogens (tertiary/aromatic N) is 1. The minimum atomic E-state index is -2.70. The third-order valence-electron chi connectivity index (χ3n) is 6.11. The molecular weight excluding hydrogens is 440 g/mol. The summed E-state index contributed by atoms with van der Waals surface area (Å²) in [6.45, 7) is 0.570. The number of H-pyrrole nitrogens is 2. The lowest BCUT2D eigenvalue weighted by atomic mass is 9.93.